The van der Waals surface area contributed by atoms with E-state index >= 15 is 0 Å². The van der Waals surface area contributed by atoms with Crippen molar-refractivity contribution in [1.29, 1.82) is 0 Å². The van der Waals surface area contributed by atoms with E-state index < -0.39 is 0 Å². The summed E-state index contributed by atoms with van der Waals surface area (Å²) >= 11 is 0. The van der Waals surface area contributed by atoms with Crippen LogP contribution in [0.2, 0.25) is 0 Å². The van der Waals surface area contributed by atoms with Gasteiger partial charge in [-0.05, 0) is 95.0 Å². The van der Waals surface area contributed by atoms with Gasteiger partial charge in [0, 0.05) is 22.9 Å². The van der Waals surface area contributed by atoms with Crippen LogP contribution in [0.3, 0.4) is 0 Å². The van der Waals surface area contributed by atoms with Crippen molar-refractivity contribution < 1.29 is 9.59 Å². The van der Waals surface area contributed by atoms with Crippen LogP contribution in [0.15, 0.2) is 12.2 Å². The summed E-state index contributed by atoms with van der Waals surface area (Å²) in [6, 6.07) is 0.289. The van der Waals surface area contributed by atoms with E-state index in [4.69, 9.17) is 0 Å². The fraction of sp³-hybridized carbons (Fsp3) is 0.840. The Bertz CT molecular complexity index is 708. The van der Waals surface area contributed by atoms with Gasteiger partial charge in [0.05, 0.1) is 0 Å². The monoisotopic (exact) mass is 400 g/mol. The van der Waals surface area contributed by atoms with Gasteiger partial charge in [0.1, 0.15) is 0 Å². The van der Waals surface area contributed by atoms with Gasteiger partial charge in [-0.15, -0.1) is 0 Å². The predicted molar refractivity (Wildman–Crippen MR) is 116 cm³/mol. The summed E-state index contributed by atoms with van der Waals surface area (Å²) in [7, 11) is 0. The molecule has 162 valence electrons. The number of hydrogen-bond acceptors (Lipinski definition) is 2. The molecule has 4 heteroatoms. The van der Waals surface area contributed by atoms with Crippen molar-refractivity contribution in [2.75, 3.05) is 0 Å². The summed E-state index contributed by atoms with van der Waals surface area (Å²) in [5.41, 5.74) is 0.0419. The second kappa shape index (κ2) is 7.13. The first kappa shape index (κ1) is 20.9. The van der Waals surface area contributed by atoms with Crippen molar-refractivity contribution in [3.8, 4) is 0 Å². The largest absolute Gasteiger partial charge is 0.351 e. The third-order valence-electron chi connectivity index (χ3n) is 9.09. The Morgan fingerprint density at radius 3 is 2.62 bits per heavy atom. The molecule has 0 radical (unpaired) electrons. The number of hydrogen-bond donors (Lipinski definition) is 2. The SMILES string of the molecule is CC[C@]12C=CC(=O)NC1CCC1C3CCC(C(=O)NC(C)(C)C)[C@@]3(C)CCCC12. The topological polar surface area (TPSA) is 58.2 Å². The van der Waals surface area contributed by atoms with Gasteiger partial charge in [0.2, 0.25) is 11.8 Å². The molecular weight excluding hydrogens is 360 g/mol. The van der Waals surface area contributed by atoms with E-state index in [9.17, 15) is 9.59 Å². The molecule has 4 rings (SSSR count). The lowest BCUT2D eigenvalue weighted by atomic mass is 9.52. The first-order valence-electron chi connectivity index (χ1n) is 11.9. The molecule has 3 aliphatic carbocycles. The lowest BCUT2D eigenvalue weighted by Crippen LogP contribution is -2.58. The molecular formula is C25H40N2O2. The lowest BCUT2D eigenvalue weighted by Gasteiger charge is -2.55. The van der Waals surface area contributed by atoms with Crippen molar-refractivity contribution in [1.82, 2.24) is 10.6 Å². The van der Waals surface area contributed by atoms with Gasteiger partial charge in [-0.2, -0.15) is 0 Å². The Hall–Kier alpha value is -1.32. The fourth-order valence-electron chi connectivity index (χ4n) is 7.89. The number of carbonyl (C=O) groups excluding carboxylic acids is 2. The van der Waals surface area contributed by atoms with Gasteiger partial charge < -0.3 is 10.6 Å². The van der Waals surface area contributed by atoms with Gasteiger partial charge in [0.25, 0.3) is 0 Å². The van der Waals surface area contributed by atoms with Crippen LogP contribution in [-0.4, -0.2) is 23.4 Å². The summed E-state index contributed by atoms with van der Waals surface area (Å²) in [6.07, 6.45) is 13.2. The first-order valence-corrected chi connectivity index (χ1v) is 11.9. The summed E-state index contributed by atoms with van der Waals surface area (Å²) < 4.78 is 0. The van der Waals surface area contributed by atoms with Crippen molar-refractivity contribution in [3.05, 3.63) is 12.2 Å². The molecule has 0 saturated heterocycles. The van der Waals surface area contributed by atoms with Crippen LogP contribution in [0.25, 0.3) is 0 Å². The maximum Gasteiger partial charge on any atom is 0.243 e. The first-order chi connectivity index (χ1) is 13.6. The van der Waals surface area contributed by atoms with E-state index in [1.807, 2.05) is 0 Å². The normalized spacial score (nSPS) is 44.2. The number of amides is 2. The highest BCUT2D eigenvalue weighted by Crippen LogP contribution is 2.63. The fourth-order valence-corrected chi connectivity index (χ4v) is 7.89. The quantitative estimate of drug-likeness (QED) is 0.712. The molecule has 0 aromatic rings. The lowest BCUT2D eigenvalue weighted by molar-refractivity contribution is -0.131. The molecule has 3 fully saturated rings. The van der Waals surface area contributed by atoms with Gasteiger partial charge in [-0.25, -0.2) is 0 Å². The van der Waals surface area contributed by atoms with Crippen molar-refractivity contribution >= 4 is 11.8 Å². The van der Waals surface area contributed by atoms with E-state index in [-0.39, 0.29) is 40.1 Å². The zero-order valence-electron chi connectivity index (χ0n) is 19.0. The van der Waals surface area contributed by atoms with Crippen LogP contribution in [0.4, 0.5) is 0 Å². The molecule has 0 bridgehead atoms. The van der Waals surface area contributed by atoms with Gasteiger partial charge in [-0.3, -0.25) is 9.59 Å². The van der Waals surface area contributed by atoms with Crippen LogP contribution < -0.4 is 10.6 Å². The number of nitrogens with one attached hydrogen (secondary N) is 2. The van der Waals surface area contributed by atoms with Crippen LogP contribution >= 0.6 is 0 Å². The Balaban J connectivity index is 1.64. The minimum absolute atomic E-state index is 0.0794. The third-order valence-corrected chi connectivity index (χ3v) is 9.09. The molecule has 1 heterocycles. The van der Waals surface area contributed by atoms with E-state index in [0.717, 1.165) is 25.7 Å². The number of rotatable bonds is 2. The highest BCUT2D eigenvalue weighted by molar-refractivity contribution is 5.89. The van der Waals surface area contributed by atoms with E-state index in [2.05, 4.69) is 51.3 Å². The highest BCUT2D eigenvalue weighted by atomic mass is 16.2. The van der Waals surface area contributed by atoms with E-state index in [0.29, 0.717) is 17.8 Å². The molecule has 7 atom stereocenters. The summed E-state index contributed by atoms with van der Waals surface area (Å²) in [5.74, 6) is 2.41. The predicted octanol–water partition coefficient (Wildman–Crippen LogP) is 4.59. The van der Waals surface area contributed by atoms with E-state index in [1.165, 1.54) is 25.7 Å². The van der Waals surface area contributed by atoms with E-state index in [1.54, 1.807) is 6.08 Å². The zero-order chi connectivity index (χ0) is 21.0. The van der Waals surface area contributed by atoms with Gasteiger partial charge >= 0.3 is 0 Å². The highest BCUT2D eigenvalue weighted by Gasteiger charge is 2.59. The maximum atomic E-state index is 13.2. The Morgan fingerprint density at radius 2 is 1.93 bits per heavy atom. The molecule has 0 aromatic heterocycles. The molecule has 0 aromatic carbocycles. The number of carbonyl (C=O) groups is 2. The second-order valence-electron chi connectivity index (χ2n) is 11.6. The minimum Gasteiger partial charge on any atom is -0.351 e. The van der Waals surface area contributed by atoms with Crippen molar-refractivity contribution in [2.45, 2.75) is 97.6 Å². The molecule has 2 amide bonds. The molecule has 0 spiro atoms. The summed E-state index contributed by atoms with van der Waals surface area (Å²) in [6.45, 7) is 11.0. The van der Waals surface area contributed by atoms with Crippen LogP contribution in [0.1, 0.15) is 86.0 Å². The van der Waals surface area contributed by atoms with Crippen LogP contribution in [-0.2, 0) is 9.59 Å². The molecule has 2 N–H and O–H groups in total. The molecule has 4 aliphatic rings. The Morgan fingerprint density at radius 1 is 1.17 bits per heavy atom. The standard InChI is InChI=1S/C25H40N2O2/c1-6-25-15-13-21(28)26-20(25)12-9-16-17-10-11-19(22(29)27-23(2,3)4)24(17,5)14-7-8-18(16)25/h13,15-20H,6-12,14H2,1-5H3,(H,26,28)(H,27,29)/t16?,17?,18?,19?,20?,24-,25+/m0/s1. The third kappa shape index (κ3) is 3.35. The van der Waals surface area contributed by atoms with Crippen molar-refractivity contribution in [3.63, 3.8) is 0 Å². The Labute approximate surface area is 176 Å². The molecule has 29 heavy (non-hydrogen) atoms. The molecule has 4 nitrogen and oxygen atoms in total. The van der Waals surface area contributed by atoms with Crippen LogP contribution in [0, 0.1) is 34.5 Å². The maximum absolute atomic E-state index is 13.2. The smallest absolute Gasteiger partial charge is 0.243 e. The average molecular weight is 401 g/mol. The summed E-state index contributed by atoms with van der Waals surface area (Å²) in [4.78, 5) is 25.2. The van der Waals surface area contributed by atoms with Gasteiger partial charge in [-0.1, -0.05) is 26.3 Å². The van der Waals surface area contributed by atoms with Gasteiger partial charge in [0.15, 0.2) is 0 Å². The zero-order valence-corrected chi connectivity index (χ0v) is 19.0. The molecule has 5 unspecified atom stereocenters. The molecule has 3 saturated carbocycles. The molecule has 1 aliphatic heterocycles. The Kier molecular flexibility index (Phi) is 5.15. The number of fused-ring (bicyclic) bond motifs is 5. The van der Waals surface area contributed by atoms with Crippen molar-refractivity contribution in [2.24, 2.45) is 34.5 Å². The average Bonchev–Trinajstić information content (AvgIpc) is 2.90. The second-order valence-corrected chi connectivity index (χ2v) is 11.6. The summed E-state index contributed by atoms with van der Waals surface area (Å²) in [5, 5.41) is 6.58. The van der Waals surface area contributed by atoms with Crippen LogP contribution in [0.5, 0.6) is 0 Å². The minimum atomic E-state index is -0.172.